The average Bonchev–Trinajstić information content (AvgIpc) is 2.88. The molecule has 0 radical (unpaired) electrons. The molecular weight excluding hydrogens is 308 g/mol. The van der Waals surface area contributed by atoms with Gasteiger partial charge in [0, 0.05) is 0 Å². The normalized spacial score (nSPS) is 10.7. The van der Waals surface area contributed by atoms with Crippen molar-refractivity contribution in [2.75, 3.05) is 11.9 Å². The molecule has 23 heavy (non-hydrogen) atoms. The molecule has 5 heteroatoms. The Balaban J connectivity index is 1.65. The lowest BCUT2D eigenvalue weighted by molar-refractivity contribution is -0.118. The Kier molecular flexibility index (Phi) is 4.30. The van der Waals surface area contributed by atoms with Crippen LogP contribution >= 0.6 is 11.3 Å². The number of rotatable bonds is 4. The van der Waals surface area contributed by atoms with Crippen molar-refractivity contribution in [1.82, 2.24) is 4.98 Å². The Bertz CT molecular complexity index is 850. The molecule has 0 aliphatic heterocycles. The Morgan fingerprint density at radius 1 is 1.17 bits per heavy atom. The van der Waals surface area contributed by atoms with Gasteiger partial charge in [-0.2, -0.15) is 0 Å². The molecule has 0 unspecified atom stereocenters. The first kappa shape index (κ1) is 15.5. The summed E-state index contributed by atoms with van der Waals surface area (Å²) in [4.78, 5) is 16.5. The van der Waals surface area contributed by atoms with Gasteiger partial charge in [-0.15, -0.1) is 0 Å². The molecule has 1 heterocycles. The quantitative estimate of drug-likeness (QED) is 0.780. The highest BCUT2D eigenvalue weighted by atomic mass is 32.1. The Hall–Kier alpha value is -2.40. The van der Waals surface area contributed by atoms with E-state index in [1.165, 1.54) is 11.3 Å². The standard InChI is InChI=1S/C18H18N2O2S/c1-11-7-12(2)9-14(8-11)22-10-16(21)19-18-20-17-13(3)5-4-6-15(17)23-18/h4-9H,10H2,1-3H3,(H,19,20,21). The van der Waals surface area contributed by atoms with Gasteiger partial charge in [-0.1, -0.05) is 29.5 Å². The molecule has 0 saturated carbocycles. The van der Waals surface area contributed by atoms with Gasteiger partial charge in [0.1, 0.15) is 5.75 Å². The number of hydrogen-bond acceptors (Lipinski definition) is 4. The van der Waals surface area contributed by atoms with Gasteiger partial charge in [-0.25, -0.2) is 4.98 Å². The predicted octanol–water partition coefficient (Wildman–Crippen LogP) is 4.24. The molecule has 1 aromatic heterocycles. The van der Waals surface area contributed by atoms with Crippen LogP contribution in [-0.4, -0.2) is 17.5 Å². The third-order valence-electron chi connectivity index (χ3n) is 3.43. The molecule has 0 spiro atoms. The largest absolute Gasteiger partial charge is 0.484 e. The van der Waals surface area contributed by atoms with Gasteiger partial charge in [0.05, 0.1) is 10.2 Å². The number of nitrogens with zero attached hydrogens (tertiary/aromatic N) is 1. The molecule has 1 amide bonds. The van der Waals surface area contributed by atoms with Crippen molar-refractivity contribution in [3.8, 4) is 5.75 Å². The number of carbonyl (C=O) groups is 1. The summed E-state index contributed by atoms with van der Waals surface area (Å²) in [5.41, 5.74) is 4.26. The summed E-state index contributed by atoms with van der Waals surface area (Å²) in [5, 5.41) is 3.40. The SMILES string of the molecule is Cc1cc(C)cc(OCC(=O)Nc2nc3c(C)cccc3s2)c1. The fourth-order valence-corrected chi connectivity index (χ4v) is 3.42. The zero-order valence-electron chi connectivity index (χ0n) is 13.3. The highest BCUT2D eigenvalue weighted by molar-refractivity contribution is 7.22. The van der Waals surface area contributed by atoms with E-state index in [9.17, 15) is 4.79 Å². The predicted molar refractivity (Wildman–Crippen MR) is 94.4 cm³/mol. The number of thiazole rings is 1. The zero-order chi connectivity index (χ0) is 16.4. The van der Waals surface area contributed by atoms with Crippen LogP contribution in [-0.2, 0) is 4.79 Å². The van der Waals surface area contributed by atoms with Crippen molar-refractivity contribution in [2.24, 2.45) is 0 Å². The highest BCUT2D eigenvalue weighted by Gasteiger charge is 2.10. The number of benzene rings is 2. The van der Waals surface area contributed by atoms with Gasteiger partial charge in [0.2, 0.25) is 0 Å². The molecule has 2 aromatic carbocycles. The van der Waals surface area contributed by atoms with E-state index in [-0.39, 0.29) is 12.5 Å². The Morgan fingerprint density at radius 3 is 2.61 bits per heavy atom. The van der Waals surface area contributed by atoms with Crippen LogP contribution in [0.5, 0.6) is 5.75 Å². The summed E-state index contributed by atoms with van der Waals surface area (Å²) in [6, 6.07) is 11.9. The third kappa shape index (κ3) is 3.68. The van der Waals surface area contributed by atoms with Crippen molar-refractivity contribution in [3.05, 3.63) is 53.1 Å². The molecular formula is C18H18N2O2S. The topological polar surface area (TPSA) is 51.2 Å². The smallest absolute Gasteiger partial charge is 0.264 e. The number of hydrogen-bond donors (Lipinski definition) is 1. The molecule has 4 nitrogen and oxygen atoms in total. The third-order valence-corrected chi connectivity index (χ3v) is 4.37. The number of amides is 1. The summed E-state index contributed by atoms with van der Waals surface area (Å²) in [6.07, 6.45) is 0. The Labute approximate surface area is 139 Å². The van der Waals surface area contributed by atoms with Crippen LogP contribution < -0.4 is 10.1 Å². The molecule has 0 saturated heterocycles. The van der Waals surface area contributed by atoms with Crippen LogP contribution in [0.3, 0.4) is 0 Å². The van der Waals surface area contributed by atoms with Crippen LogP contribution in [0.25, 0.3) is 10.2 Å². The van der Waals surface area contributed by atoms with Gasteiger partial charge in [0.25, 0.3) is 5.91 Å². The van der Waals surface area contributed by atoms with Crippen LogP contribution in [0, 0.1) is 20.8 Å². The minimum atomic E-state index is -0.208. The second-order valence-electron chi connectivity index (χ2n) is 5.60. The van der Waals surface area contributed by atoms with Crippen molar-refractivity contribution >= 4 is 32.6 Å². The molecule has 0 aliphatic carbocycles. The number of aryl methyl sites for hydroxylation is 3. The average molecular weight is 326 g/mol. The minimum Gasteiger partial charge on any atom is -0.484 e. The van der Waals surface area contributed by atoms with Crippen LogP contribution in [0.1, 0.15) is 16.7 Å². The second kappa shape index (κ2) is 6.38. The molecule has 118 valence electrons. The first-order chi connectivity index (χ1) is 11.0. The van der Waals surface area contributed by atoms with E-state index in [2.05, 4.69) is 16.4 Å². The van der Waals surface area contributed by atoms with E-state index in [0.717, 1.165) is 26.9 Å². The molecule has 0 bridgehead atoms. The fraction of sp³-hybridized carbons (Fsp3) is 0.222. The number of ether oxygens (including phenoxy) is 1. The van der Waals surface area contributed by atoms with Crippen LogP contribution in [0.15, 0.2) is 36.4 Å². The molecule has 0 atom stereocenters. The number of nitrogens with one attached hydrogen (secondary N) is 1. The van der Waals surface area contributed by atoms with Gasteiger partial charge in [-0.3, -0.25) is 10.1 Å². The summed E-state index contributed by atoms with van der Waals surface area (Å²) in [5.74, 6) is 0.499. The lowest BCUT2D eigenvalue weighted by atomic mass is 10.1. The minimum absolute atomic E-state index is 0.0300. The van der Waals surface area contributed by atoms with Crippen molar-refractivity contribution in [1.29, 1.82) is 0 Å². The first-order valence-electron chi connectivity index (χ1n) is 7.38. The monoisotopic (exact) mass is 326 g/mol. The second-order valence-corrected chi connectivity index (χ2v) is 6.63. The van der Waals surface area contributed by atoms with E-state index in [0.29, 0.717) is 10.9 Å². The van der Waals surface area contributed by atoms with E-state index < -0.39 is 0 Å². The zero-order valence-corrected chi connectivity index (χ0v) is 14.2. The summed E-state index contributed by atoms with van der Waals surface area (Å²) in [7, 11) is 0. The van der Waals surface area contributed by atoms with Crippen LogP contribution in [0.4, 0.5) is 5.13 Å². The fourth-order valence-electron chi connectivity index (χ4n) is 2.46. The maximum Gasteiger partial charge on any atom is 0.264 e. The van der Waals surface area contributed by atoms with Gasteiger partial charge in [0.15, 0.2) is 11.7 Å². The van der Waals surface area contributed by atoms with Gasteiger partial charge < -0.3 is 4.74 Å². The Morgan fingerprint density at radius 2 is 1.91 bits per heavy atom. The van der Waals surface area contributed by atoms with Gasteiger partial charge >= 0.3 is 0 Å². The van der Waals surface area contributed by atoms with Crippen molar-refractivity contribution in [2.45, 2.75) is 20.8 Å². The lowest BCUT2D eigenvalue weighted by Gasteiger charge is -2.07. The van der Waals surface area contributed by atoms with Crippen molar-refractivity contribution < 1.29 is 9.53 Å². The number of anilines is 1. The molecule has 3 aromatic rings. The molecule has 3 rings (SSSR count). The lowest BCUT2D eigenvalue weighted by Crippen LogP contribution is -2.20. The molecule has 0 aliphatic rings. The van der Waals surface area contributed by atoms with Crippen molar-refractivity contribution in [3.63, 3.8) is 0 Å². The number of fused-ring (bicyclic) bond motifs is 1. The van der Waals surface area contributed by atoms with E-state index in [1.807, 2.05) is 51.1 Å². The summed E-state index contributed by atoms with van der Waals surface area (Å²) >= 11 is 1.47. The summed E-state index contributed by atoms with van der Waals surface area (Å²) < 4.78 is 6.63. The highest BCUT2D eigenvalue weighted by Crippen LogP contribution is 2.27. The molecule has 0 fully saturated rings. The maximum absolute atomic E-state index is 12.0. The number of carbonyl (C=O) groups excluding carboxylic acids is 1. The molecule has 1 N–H and O–H groups in total. The van der Waals surface area contributed by atoms with E-state index >= 15 is 0 Å². The number of aromatic nitrogens is 1. The summed E-state index contributed by atoms with van der Waals surface area (Å²) in [6.45, 7) is 5.99. The van der Waals surface area contributed by atoms with E-state index in [4.69, 9.17) is 4.74 Å². The maximum atomic E-state index is 12.0. The van der Waals surface area contributed by atoms with Crippen LogP contribution in [0.2, 0.25) is 0 Å². The van der Waals surface area contributed by atoms with Gasteiger partial charge in [-0.05, 0) is 55.7 Å². The number of para-hydroxylation sites is 1. The van der Waals surface area contributed by atoms with E-state index in [1.54, 1.807) is 0 Å². The first-order valence-corrected chi connectivity index (χ1v) is 8.20.